The van der Waals surface area contributed by atoms with Crippen LogP contribution >= 0.6 is 0 Å². The molecule has 1 aliphatic rings. The summed E-state index contributed by atoms with van der Waals surface area (Å²) >= 11 is 0. The van der Waals surface area contributed by atoms with Gasteiger partial charge in [0, 0.05) is 19.1 Å². The first-order chi connectivity index (χ1) is 8.72. The van der Waals surface area contributed by atoms with Crippen molar-refractivity contribution in [3.8, 4) is 6.07 Å². The first kappa shape index (κ1) is 13.1. The van der Waals surface area contributed by atoms with Crippen LogP contribution in [0.3, 0.4) is 0 Å². The molecule has 0 amide bonds. The molecule has 0 aromatic heterocycles. The summed E-state index contributed by atoms with van der Waals surface area (Å²) in [5.41, 5.74) is 0.943. The van der Waals surface area contributed by atoms with E-state index < -0.39 is 0 Å². The van der Waals surface area contributed by atoms with Crippen molar-refractivity contribution in [2.24, 2.45) is 0 Å². The molecule has 2 unspecified atom stereocenters. The van der Waals surface area contributed by atoms with E-state index in [9.17, 15) is 5.26 Å². The fourth-order valence-electron chi connectivity index (χ4n) is 2.81. The summed E-state index contributed by atoms with van der Waals surface area (Å²) in [7, 11) is 0. The minimum Gasteiger partial charge on any atom is -0.298 e. The maximum atomic E-state index is 9.46. The lowest BCUT2D eigenvalue weighted by atomic mass is 9.93. The second kappa shape index (κ2) is 5.51. The summed E-state index contributed by atoms with van der Waals surface area (Å²) < 4.78 is 0. The molecular weight excluding hydrogens is 222 g/mol. The minimum atomic E-state index is -0.371. The number of hydrogen-bond acceptors (Lipinski definition) is 3. The maximum absolute atomic E-state index is 9.46. The van der Waals surface area contributed by atoms with Crippen LogP contribution in [0.2, 0.25) is 0 Å². The molecule has 1 aromatic carbocycles. The number of likely N-dealkylation sites (N-methyl/N-ethyl adjacent to an activating group) is 1. The van der Waals surface area contributed by atoms with Gasteiger partial charge in [0.15, 0.2) is 0 Å². The summed E-state index contributed by atoms with van der Waals surface area (Å²) in [6, 6.07) is 13.2. The molecule has 2 rings (SSSR count). The molecule has 1 saturated heterocycles. The average molecular weight is 243 g/mol. The molecule has 0 aliphatic carbocycles. The van der Waals surface area contributed by atoms with E-state index in [0.717, 1.165) is 26.1 Å². The summed E-state index contributed by atoms with van der Waals surface area (Å²) in [4.78, 5) is 2.39. The lowest BCUT2D eigenvalue weighted by Crippen LogP contribution is -2.52. The largest absolute Gasteiger partial charge is 0.298 e. The summed E-state index contributed by atoms with van der Waals surface area (Å²) in [6.45, 7) is 6.97. The Kier molecular flexibility index (Phi) is 4.00. The van der Waals surface area contributed by atoms with Gasteiger partial charge in [-0.2, -0.15) is 5.26 Å². The van der Waals surface area contributed by atoms with Crippen LogP contribution < -0.4 is 5.32 Å². The van der Waals surface area contributed by atoms with Gasteiger partial charge in [-0.25, -0.2) is 0 Å². The first-order valence-corrected chi connectivity index (χ1v) is 6.66. The van der Waals surface area contributed by atoms with Crippen molar-refractivity contribution in [3.05, 3.63) is 35.9 Å². The van der Waals surface area contributed by atoms with Gasteiger partial charge in [-0.15, -0.1) is 0 Å². The average Bonchev–Trinajstić information content (AvgIpc) is 2.70. The van der Waals surface area contributed by atoms with Crippen molar-refractivity contribution in [3.63, 3.8) is 0 Å². The molecule has 0 bridgehead atoms. The molecule has 1 aliphatic heterocycles. The van der Waals surface area contributed by atoms with Crippen LogP contribution in [0.15, 0.2) is 30.3 Å². The zero-order valence-electron chi connectivity index (χ0n) is 11.2. The zero-order chi connectivity index (χ0) is 13.0. The summed E-state index contributed by atoms with van der Waals surface area (Å²) in [5.74, 6) is 0. The Bertz CT molecular complexity index is 423. The van der Waals surface area contributed by atoms with Gasteiger partial charge < -0.3 is 0 Å². The highest BCUT2D eigenvalue weighted by molar-refractivity contribution is 5.20. The van der Waals surface area contributed by atoms with Crippen LogP contribution in [0.25, 0.3) is 0 Å². The van der Waals surface area contributed by atoms with E-state index in [1.54, 1.807) is 0 Å². The Morgan fingerprint density at radius 3 is 2.78 bits per heavy atom. The molecule has 1 N–H and O–H groups in total. The number of hydrogen-bond donors (Lipinski definition) is 1. The van der Waals surface area contributed by atoms with E-state index in [2.05, 4.69) is 54.4 Å². The number of likely N-dealkylation sites (tertiary alicyclic amines) is 1. The van der Waals surface area contributed by atoms with Crippen molar-refractivity contribution in [2.45, 2.75) is 38.4 Å². The highest BCUT2D eigenvalue weighted by Gasteiger charge is 2.44. The predicted octanol–water partition coefficient (Wildman–Crippen LogP) is 2.15. The van der Waals surface area contributed by atoms with Gasteiger partial charge in [0.05, 0.1) is 6.07 Å². The normalized spacial score (nSPS) is 28.2. The second-order valence-corrected chi connectivity index (χ2v) is 5.00. The first-order valence-electron chi connectivity index (χ1n) is 6.66. The Hall–Kier alpha value is -1.37. The molecule has 96 valence electrons. The molecule has 1 heterocycles. The van der Waals surface area contributed by atoms with Gasteiger partial charge in [-0.1, -0.05) is 37.3 Å². The van der Waals surface area contributed by atoms with Crippen molar-refractivity contribution in [1.29, 1.82) is 5.26 Å². The Morgan fingerprint density at radius 2 is 2.17 bits per heavy atom. The molecule has 1 aromatic rings. The van der Waals surface area contributed by atoms with Crippen molar-refractivity contribution >= 4 is 0 Å². The maximum Gasteiger partial charge on any atom is 0.123 e. The third-order valence-electron chi connectivity index (χ3n) is 3.97. The molecule has 1 fully saturated rings. The van der Waals surface area contributed by atoms with Crippen LogP contribution in [-0.2, 0) is 6.54 Å². The third-order valence-corrected chi connectivity index (χ3v) is 3.97. The van der Waals surface area contributed by atoms with Crippen LogP contribution in [0.4, 0.5) is 0 Å². The number of nitriles is 1. The van der Waals surface area contributed by atoms with E-state index in [1.807, 2.05) is 6.07 Å². The Balaban J connectivity index is 2.08. The third kappa shape index (κ3) is 2.40. The molecule has 0 spiro atoms. The Morgan fingerprint density at radius 1 is 1.44 bits per heavy atom. The monoisotopic (exact) mass is 243 g/mol. The zero-order valence-corrected chi connectivity index (χ0v) is 11.2. The Labute approximate surface area is 109 Å². The van der Waals surface area contributed by atoms with Crippen LogP contribution in [0, 0.1) is 11.3 Å². The van der Waals surface area contributed by atoms with Gasteiger partial charge in [-0.05, 0) is 25.5 Å². The lowest BCUT2D eigenvalue weighted by Gasteiger charge is -2.30. The van der Waals surface area contributed by atoms with E-state index >= 15 is 0 Å². The summed E-state index contributed by atoms with van der Waals surface area (Å²) in [5, 5.41) is 12.8. The molecule has 3 nitrogen and oxygen atoms in total. The quantitative estimate of drug-likeness (QED) is 0.880. The minimum absolute atomic E-state index is 0.252. The molecule has 2 atom stereocenters. The highest BCUT2D eigenvalue weighted by atomic mass is 15.2. The molecular formula is C15H21N3. The molecule has 0 saturated carbocycles. The van der Waals surface area contributed by atoms with Crippen molar-refractivity contribution < 1.29 is 0 Å². The standard InChI is InChI=1S/C15H21N3/c1-3-17-15(12-16)9-10-18(13(15)2)11-14-7-5-4-6-8-14/h4-8,13,17H,3,9-11H2,1-2H3. The number of benzene rings is 1. The second-order valence-electron chi connectivity index (χ2n) is 5.00. The molecule has 18 heavy (non-hydrogen) atoms. The van der Waals surface area contributed by atoms with E-state index in [-0.39, 0.29) is 11.6 Å². The number of rotatable bonds is 4. The van der Waals surface area contributed by atoms with Crippen LogP contribution in [-0.4, -0.2) is 29.6 Å². The van der Waals surface area contributed by atoms with E-state index in [0.29, 0.717) is 0 Å². The fourth-order valence-corrected chi connectivity index (χ4v) is 2.81. The fraction of sp³-hybridized carbons (Fsp3) is 0.533. The summed E-state index contributed by atoms with van der Waals surface area (Å²) in [6.07, 6.45) is 0.908. The lowest BCUT2D eigenvalue weighted by molar-refractivity contribution is 0.220. The van der Waals surface area contributed by atoms with Crippen LogP contribution in [0.5, 0.6) is 0 Å². The van der Waals surface area contributed by atoms with Gasteiger partial charge in [0.25, 0.3) is 0 Å². The highest BCUT2D eigenvalue weighted by Crippen LogP contribution is 2.29. The molecule has 3 heteroatoms. The van der Waals surface area contributed by atoms with Crippen molar-refractivity contribution in [1.82, 2.24) is 10.2 Å². The SMILES string of the molecule is CCNC1(C#N)CCN(Cc2ccccc2)C1C. The predicted molar refractivity (Wildman–Crippen MR) is 73.0 cm³/mol. The number of nitrogens with zero attached hydrogens (tertiary/aromatic N) is 2. The van der Waals surface area contributed by atoms with Crippen LogP contribution in [0.1, 0.15) is 25.8 Å². The smallest absolute Gasteiger partial charge is 0.123 e. The van der Waals surface area contributed by atoms with E-state index in [4.69, 9.17) is 0 Å². The van der Waals surface area contributed by atoms with Gasteiger partial charge in [0.2, 0.25) is 0 Å². The molecule has 0 radical (unpaired) electrons. The topological polar surface area (TPSA) is 39.1 Å². The van der Waals surface area contributed by atoms with Crippen molar-refractivity contribution in [2.75, 3.05) is 13.1 Å². The van der Waals surface area contributed by atoms with E-state index in [1.165, 1.54) is 5.56 Å². The number of nitrogens with one attached hydrogen (secondary N) is 1. The van der Waals surface area contributed by atoms with Gasteiger partial charge in [0.1, 0.15) is 5.54 Å². The van der Waals surface area contributed by atoms with Gasteiger partial charge in [-0.3, -0.25) is 10.2 Å². The van der Waals surface area contributed by atoms with Gasteiger partial charge >= 0.3 is 0 Å².